The van der Waals surface area contributed by atoms with Crippen molar-refractivity contribution in [3.8, 4) is 0 Å². The fourth-order valence-corrected chi connectivity index (χ4v) is 5.46. The summed E-state index contributed by atoms with van der Waals surface area (Å²) >= 11 is 0. The van der Waals surface area contributed by atoms with E-state index in [-0.39, 0.29) is 5.91 Å². The van der Waals surface area contributed by atoms with E-state index < -0.39 is 0 Å². The molecule has 1 aromatic heterocycles. The van der Waals surface area contributed by atoms with Crippen molar-refractivity contribution in [3.63, 3.8) is 0 Å². The zero-order valence-corrected chi connectivity index (χ0v) is 11.6. The summed E-state index contributed by atoms with van der Waals surface area (Å²) in [6, 6.07) is 0. The average molecular weight is 258 g/mol. The highest BCUT2D eigenvalue weighted by atomic mass is 16.2. The van der Waals surface area contributed by atoms with Gasteiger partial charge in [-0.3, -0.25) is 4.79 Å². The van der Waals surface area contributed by atoms with E-state index in [0.717, 1.165) is 29.7 Å². The van der Waals surface area contributed by atoms with Crippen molar-refractivity contribution in [3.05, 3.63) is 18.0 Å². The van der Waals surface area contributed by atoms with Crippen LogP contribution in [0.4, 0.5) is 0 Å². The smallest absolute Gasteiger partial charge is 0.247 e. The molecule has 0 spiro atoms. The van der Waals surface area contributed by atoms with Crippen LogP contribution >= 0.6 is 0 Å². The van der Waals surface area contributed by atoms with Crippen LogP contribution in [0.3, 0.4) is 0 Å². The first-order valence-corrected chi connectivity index (χ1v) is 7.66. The van der Waals surface area contributed by atoms with Gasteiger partial charge in [0.15, 0.2) is 0 Å². The Morgan fingerprint density at radius 2 is 1.84 bits per heavy atom. The van der Waals surface area contributed by atoms with Crippen molar-refractivity contribution in [2.75, 3.05) is 0 Å². The van der Waals surface area contributed by atoms with Gasteiger partial charge in [0.05, 0.1) is 6.20 Å². The first-order chi connectivity index (χ1) is 9.12. The van der Waals surface area contributed by atoms with E-state index in [2.05, 4.69) is 5.10 Å². The fraction of sp³-hybridized carbons (Fsp3) is 0.750. The molecule has 0 unspecified atom stereocenters. The molecule has 1 aromatic rings. The Morgan fingerprint density at radius 3 is 2.32 bits per heavy atom. The van der Waals surface area contributed by atoms with Crippen LogP contribution in [0.5, 0.6) is 0 Å². The van der Waals surface area contributed by atoms with Gasteiger partial charge in [-0.2, -0.15) is 5.10 Å². The summed E-state index contributed by atoms with van der Waals surface area (Å²) in [5.74, 6) is 2.95. The molecule has 0 saturated heterocycles. The molecule has 0 aliphatic heterocycles. The summed E-state index contributed by atoms with van der Waals surface area (Å²) in [6.07, 6.45) is 12.6. The molecule has 0 radical (unpaired) electrons. The molecule has 3 heteroatoms. The number of rotatable bonds is 2. The lowest BCUT2D eigenvalue weighted by Crippen LogP contribution is -2.47. The minimum atomic E-state index is 0.204. The molecule has 102 valence electrons. The monoisotopic (exact) mass is 258 g/mol. The third-order valence-corrected chi connectivity index (χ3v) is 5.66. The number of hydrogen-bond acceptors (Lipinski definition) is 2. The first kappa shape index (κ1) is 11.7. The van der Waals surface area contributed by atoms with Gasteiger partial charge in [-0.05, 0) is 74.2 Å². The zero-order valence-electron chi connectivity index (χ0n) is 11.6. The maximum Gasteiger partial charge on any atom is 0.247 e. The minimum absolute atomic E-state index is 0.204. The van der Waals surface area contributed by atoms with Gasteiger partial charge in [-0.15, -0.1) is 0 Å². The first-order valence-electron chi connectivity index (χ1n) is 7.66. The second-order valence-electron chi connectivity index (χ2n) is 7.45. The van der Waals surface area contributed by atoms with Gasteiger partial charge in [0.2, 0.25) is 5.91 Å². The molecule has 4 saturated carbocycles. The summed E-state index contributed by atoms with van der Waals surface area (Å²) in [5.41, 5.74) is 1.39. The van der Waals surface area contributed by atoms with Gasteiger partial charge < -0.3 is 0 Å². The third kappa shape index (κ3) is 1.94. The number of carbonyl (C=O) groups excluding carboxylic acids is 1. The molecule has 4 fully saturated rings. The van der Waals surface area contributed by atoms with Crippen molar-refractivity contribution < 1.29 is 4.79 Å². The summed E-state index contributed by atoms with van der Waals surface area (Å²) in [6.45, 7) is 1.99. The normalized spacial score (nSPS) is 39.7. The lowest BCUT2D eigenvalue weighted by molar-refractivity contribution is -0.0536. The maximum absolute atomic E-state index is 12.4. The van der Waals surface area contributed by atoms with E-state index in [0.29, 0.717) is 5.41 Å². The van der Waals surface area contributed by atoms with Crippen LogP contribution in [0.1, 0.15) is 55.3 Å². The Bertz CT molecular complexity index is 481. The fourth-order valence-electron chi connectivity index (χ4n) is 5.46. The van der Waals surface area contributed by atoms with E-state index in [1.165, 1.54) is 38.5 Å². The van der Waals surface area contributed by atoms with Gasteiger partial charge in [0.1, 0.15) is 0 Å². The van der Waals surface area contributed by atoms with E-state index in [9.17, 15) is 4.79 Å². The van der Waals surface area contributed by atoms with Crippen molar-refractivity contribution in [2.24, 2.45) is 23.2 Å². The predicted molar refractivity (Wildman–Crippen MR) is 72.8 cm³/mol. The highest BCUT2D eigenvalue weighted by Gasteiger charge is 2.51. The number of hydrogen-bond donors (Lipinski definition) is 0. The Balaban J connectivity index is 1.54. The van der Waals surface area contributed by atoms with Crippen molar-refractivity contribution in [1.29, 1.82) is 0 Å². The third-order valence-electron chi connectivity index (χ3n) is 5.66. The Morgan fingerprint density at radius 1 is 1.26 bits per heavy atom. The number of aryl methyl sites for hydroxylation is 1. The standard InChI is InChI=1S/C16H22N2O/c1-11-9-17-18(10-11)15(19)8-16-5-12-2-13(6-16)4-14(3-12)7-16/h9-10,12-14H,2-8H2,1H3. The van der Waals surface area contributed by atoms with E-state index in [1.807, 2.05) is 13.1 Å². The molecular formula is C16H22N2O. The maximum atomic E-state index is 12.4. The van der Waals surface area contributed by atoms with Crippen LogP contribution in [0.25, 0.3) is 0 Å². The second-order valence-corrected chi connectivity index (χ2v) is 7.45. The Labute approximate surface area is 114 Å². The largest absolute Gasteiger partial charge is 0.273 e. The molecule has 0 amide bonds. The lowest BCUT2D eigenvalue weighted by Gasteiger charge is -2.56. The molecule has 4 aliphatic rings. The molecule has 5 rings (SSSR count). The summed E-state index contributed by atoms with van der Waals surface area (Å²) in [7, 11) is 0. The number of nitrogens with zero attached hydrogens (tertiary/aromatic N) is 2. The van der Waals surface area contributed by atoms with Gasteiger partial charge in [0, 0.05) is 12.6 Å². The second kappa shape index (κ2) is 3.94. The topological polar surface area (TPSA) is 34.9 Å². The molecular weight excluding hydrogens is 236 g/mol. The van der Waals surface area contributed by atoms with E-state index in [4.69, 9.17) is 0 Å². The van der Waals surface area contributed by atoms with Crippen LogP contribution in [0.2, 0.25) is 0 Å². The highest BCUT2D eigenvalue weighted by molar-refractivity contribution is 5.78. The van der Waals surface area contributed by atoms with Crippen LogP contribution < -0.4 is 0 Å². The Hall–Kier alpha value is -1.12. The van der Waals surface area contributed by atoms with Gasteiger partial charge >= 0.3 is 0 Å². The molecule has 4 bridgehead atoms. The molecule has 1 heterocycles. The number of aromatic nitrogens is 2. The quantitative estimate of drug-likeness (QED) is 0.814. The van der Waals surface area contributed by atoms with Crippen LogP contribution in [0, 0.1) is 30.1 Å². The van der Waals surface area contributed by atoms with Gasteiger partial charge in [0.25, 0.3) is 0 Å². The average Bonchev–Trinajstić information content (AvgIpc) is 2.73. The van der Waals surface area contributed by atoms with Crippen LogP contribution in [0.15, 0.2) is 12.4 Å². The van der Waals surface area contributed by atoms with Gasteiger partial charge in [-0.25, -0.2) is 4.68 Å². The minimum Gasteiger partial charge on any atom is -0.273 e. The molecule has 4 aliphatic carbocycles. The van der Waals surface area contributed by atoms with Crippen LogP contribution in [-0.4, -0.2) is 15.7 Å². The molecule has 0 N–H and O–H groups in total. The molecule has 19 heavy (non-hydrogen) atoms. The SMILES string of the molecule is Cc1cnn(C(=O)CC23CC4CC(CC(C4)C2)C3)c1. The Kier molecular flexibility index (Phi) is 2.42. The van der Waals surface area contributed by atoms with Crippen molar-refractivity contribution in [2.45, 2.75) is 51.9 Å². The summed E-state index contributed by atoms with van der Waals surface area (Å²) in [4.78, 5) is 12.4. The molecule has 0 atom stereocenters. The van der Waals surface area contributed by atoms with Crippen LogP contribution in [-0.2, 0) is 0 Å². The molecule has 3 nitrogen and oxygen atoms in total. The highest BCUT2D eigenvalue weighted by Crippen LogP contribution is 2.61. The zero-order chi connectivity index (χ0) is 13.0. The van der Waals surface area contributed by atoms with Crippen molar-refractivity contribution in [1.82, 2.24) is 9.78 Å². The van der Waals surface area contributed by atoms with Crippen molar-refractivity contribution >= 4 is 5.91 Å². The van der Waals surface area contributed by atoms with E-state index >= 15 is 0 Å². The number of carbonyl (C=O) groups is 1. The van der Waals surface area contributed by atoms with Gasteiger partial charge in [-0.1, -0.05) is 0 Å². The predicted octanol–water partition coefficient (Wildman–Crippen LogP) is 3.44. The lowest BCUT2D eigenvalue weighted by atomic mass is 9.49. The summed E-state index contributed by atoms with van der Waals surface area (Å²) < 4.78 is 1.56. The summed E-state index contributed by atoms with van der Waals surface area (Å²) in [5, 5.41) is 4.18. The van der Waals surface area contributed by atoms with E-state index in [1.54, 1.807) is 10.9 Å². The molecule has 0 aromatic carbocycles.